The van der Waals surface area contributed by atoms with Crippen LogP contribution >= 0.6 is 23.7 Å². The molecule has 5 rings (SSSR count). The van der Waals surface area contributed by atoms with E-state index >= 15 is 0 Å². The normalized spacial score (nSPS) is 10.5. The number of hydrogen-bond donors (Lipinski definition) is 2. The molecular formula is C34H33N3Na2O4S2. The number of carbonyl (C=O) groups is 2. The summed E-state index contributed by atoms with van der Waals surface area (Å²) in [6.07, 6.45) is 2.94. The number of benzene rings is 4. The number of carboxylic acids is 2. The monoisotopic (exact) mass is 657 g/mol. The molecule has 5 aromatic rings. The summed E-state index contributed by atoms with van der Waals surface area (Å²) >= 11 is 3.17. The van der Waals surface area contributed by atoms with Gasteiger partial charge in [-0.2, -0.15) is 4.09 Å². The topological polar surface area (TPSA) is 105 Å². The van der Waals surface area contributed by atoms with Crippen LogP contribution in [-0.2, 0) is 17.9 Å². The Balaban J connectivity index is 0.00000276. The van der Waals surface area contributed by atoms with Gasteiger partial charge < -0.3 is 10.2 Å². The number of nitrogens with zero attached hydrogens (tertiary/aromatic N) is 3. The average Bonchev–Trinajstić information content (AvgIpc) is 3.43. The molecule has 0 atom stereocenters. The molecule has 0 saturated carbocycles. The Kier molecular flexibility index (Phi) is 14.9. The zero-order valence-corrected chi connectivity index (χ0v) is 25.3. The molecular weight excluding hydrogens is 625 g/mol. The summed E-state index contributed by atoms with van der Waals surface area (Å²) in [6.45, 7) is 2.16. The van der Waals surface area contributed by atoms with Crippen molar-refractivity contribution in [3.63, 3.8) is 0 Å². The van der Waals surface area contributed by atoms with Crippen LogP contribution in [0.25, 0.3) is 22.3 Å². The van der Waals surface area contributed by atoms with Crippen LogP contribution in [0.3, 0.4) is 0 Å². The summed E-state index contributed by atoms with van der Waals surface area (Å²) in [5, 5.41) is 24.5. The summed E-state index contributed by atoms with van der Waals surface area (Å²) in [4.78, 5) is 28.0. The number of aromatic nitrogens is 3. The molecule has 0 aliphatic heterocycles. The van der Waals surface area contributed by atoms with Gasteiger partial charge in [0.1, 0.15) is 5.82 Å². The number of thioether (sulfide) groups is 1. The number of unbranched alkanes of at least 4 members (excludes halogenated alkanes) is 1. The van der Waals surface area contributed by atoms with Crippen molar-refractivity contribution in [3.05, 3.63) is 125 Å². The van der Waals surface area contributed by atoms with E-state index in [0.29, 0.717) is 22.6 Å². The van der Waals surface area contributed by atoms with Crippen molar-refractivity contribution >= 4 is 94.8 Å². The molecule has 0 amide bonds. The van der Waals surface area contributed by atoms with Crippen LogP contribution in [0, 0.1) is 0 Å². The number of aryl methyl sites for hydroxylation is 1. The first-order chi connectivity index (χ1) is 20.9. The van der Waals surface area contributed by atoms with Crippen molar-refractivity contribution < 1.29 is 19.8 Å². The van der Waals surface area contributed by atoms with Crippen molar-refractivity contribution in [2.45, 2.75) is 42.8 Å². The van der Waals surface area contributed by atoms with Gasteiger partial charge in [0, 0.05) is 17.9 Å². The third-order valence-corrected chi connectivity index (χ3v) is 8.85. The van der Waals surface area contributed by atoms with E-state index in [1.54, 1.807) is 48.0 Å². The van der Waals surface area contributed by atoms with E-state index in [1.165, 1.54) is 0 Å². The number of rotatable bonds is 13. The Morgan fingerprint density at radius 1 is 0.711 bits per heavy atom. The van der Waals surface area contributed by atoms with Crippen molar-refractivity contribution in [2.75, 3.05) is 0 Å². The fourth-order valence-corrected chi connectivity index (χ4v) is 6.38. The first-order valence-corrected chi connectivity index (χ1v) is 15.9. The standard InChI is InChI=1S/C34H31N3O4S2.2Na.2H/c1-2-3-12-31-35-34(42-21-23-13-17-25(18-14-23)27-8-4-6-10-29(27)32(38)39)36-37(31)43-22-24-15-19-26(20-16-24)28-9-5-7-11-30(28)33(40)41;;;;/h4-11,13-20H,2-3,12,21-22H2,1H3,(H,38,39)(H,40,41);;;;. The van der Waals surface area contributed by atoms with Crippen molar-refractivity contribution in [2.24, 2.45) is 0 Å². The van der Waals surface area contributed by atoms with E-state index < -0.39 is 11.9 Å². The van der Waals surface area contributed by atoms with Gasteiger partial charge in [0.2, 0.25) is 5.16 Å². The SMILES string of the molecule is CCCCc1nc(SCc2ccc(-c3ccccc3C(=O)O)cc2)nn1SCc1ccc(-c2ccccc2C(=O)O)cc1.[NaH].[NaH]. The van der Waals surface area contributed by atoms with Gasteiger partial charge in [-0.3, -0.25) is 0 Å². The molecule has 7 nitrogen and oxygen atoms in total. The second kappa shape index (κ2) is 18.1. The third kappa shape index (κ3) is 9.83. The van der Waals surface area contributed by atoms with Gasteiger partial charge in [-0.1, -0.05) is 110 Å². The average molecular weight is 658 g/mol. The van der Waals surface area contributed by atoms with Gasteiger partial charge in [0.15, 0.2) is 0 Å². The molecule has 222 valence electrons. The number of aromatic carboxylic acids is 2. The molecule has 0 saturated heterocycles. The van der Waals surface area contributed by atoms with E-state index in [2.05, 4.69) is 6.92 Å². The Morgan fingerprint density at radius 3 is 1.69 bits per heavy atom. The minimum atomic E-state index is -0.938. The van der Waals surface area contributed by atoms with Gasteiger partial charge in [0.25, 0.3) is 0 Å². The Labute approximate surface area is 316 Å². The minimum absolute atomic E-state index is 0. The van der Waals surface area contributed by atoms with E-state index in [-0.39, 0.29) is 70.2 Å². The summed E-state index contributed by atoms with van der Waals surface area (Å²) in [7, 11) is 0. The van der Waals surface area contributed by atoms with Gasteiger partial charge in [-0.25, -0.2) is 14.6 Å². The van der Waals surface area contributed by atoms with Gasteiger partial charge in [-0.05, 0) is 63.9 Å². The van der Waals surface area contributed by atoms with Crippen LogP contribution in [-0.4, -0.2) is 95.4 Å². The van der Waals surface area contributed by atoms with E-state index in [0.717, 1.165) is 52.5 Å². The van der Waals surface area contributed by atoms with Gasteiger partial charge in [-0.15, -0.1) is 5.10 Å². The Hall–Kier alpha value is -2.34. The first-order valence-electron chi connectivity index (χ1n) is 14.0. The fraction of sp³-hybridized carbons (Fsp3) is 0.176. The Morgan fingerprint density at radius 2 is 1.20 bits per heavy atom. The summed E-state index contributed by atoms with van der Waals surface area (Å²) < 4.78 is 1.93. The quantitative estimate of drug-likeness (QED) is 0.103. The van der Waals surface area contributed by atoms with Crippen molar-refractivity contribution in [3.8, 4) is 22.3 Å². The van der Waals surface area contributed by atoms with Crippen LogP contribution in [0.2, 0.25) is 0 Å². The molecule has 1 heterocycles. The fourth-order valence-electron chi connectivity index (χ4n) is 4.65. The van der Waals surface area contributed by atoms with Gasteiger partial charge in [0.05, 0.1) is 11.1 Å². The first kappa shape index (κ1) is 37.1. The predicted octanol–water partition coefficient (Wildman–Crippen LogP) is 7.04. The summed E-state index contributed by atoms with van der Waals surface area (Å²) in [5.74, 6) is 0.469. The van der Waals surface area contributed by atoms with E-state index in [9.17, 15) is 19.8 Å². The second-order valence-corrected chi connectivity index (χ2v) is 11.8. The molecule has 0 fully saturated rings. The number of carboxylic acid groups (broad SMARTS) is 2. The van der Waals surface area contributed by atoms with Crippen molar-refractivity contribution in [1.82, 2.24) is 14.2 Å². The van der Waals surface area contributed by atoms with Crippen LogP contribution in [0.15, 0.2) is 102 Å². The molecule has 45 heavy (non-hydrogen) atoms. The third-order valence-electron chi connectivity index (χ3n) is 6.94. The molecule has 1 aromatic heterocycles. The molecule has 0 aliphatic carbocycles. The van der Waals surface area contributed by atoms with Crippen LogP contribution in [0.5, 0.6) is 0 Å². The number of hydrogen-bond acceptors (Lipinski definition) is 6. The van der Waals surface area contributed by atoms with Gasteiger partial charge >= 0.3 is 71.1 Å². The maximum atomic E-state index is 11.6. The predicted molar refractivity (Wildman–Crippen MR) is 187 cm³/mol. The molecule has 4 aromatic carbocycles. The molecule has 0 unspecified atom stereocenters. The molecule has 0 radical (unpaired) electrons. The maximum absolute atomic E-state index is 11.6. The molecule has 0 bridgehead atoms. The molecule has 2 N–H and O–H groups in total. The van der Waals surface area contributed by atoms with E-state index in [1.807, 2.05) is 76.9 Å². The zero-order chi connectivity index (χ0) is 30.2. The van der Waals surface area contributed by atoms with Crippen molar-refractivity contribution in [1.29, 1.82) is 0 Å². The molecule has 0 spiro atoms. The Bertz CT molecular complexity index is 1730. The zero-order valence-electron chi connectivity index (χ0n) is 23.6. The molecule has 11 heteroatoms. The van der Waals surface area contributed by atoms with E-state index in [4.69, 9.17) is 10.1 Å². The van der Waals surface area contributed by atoms with Crippen LogP contribution < -0.4 is 0 Å². The summed E-state index contributed by atoms with van der Waals surface area (Å²) in [5.41, 5.74) is 5.93. The van der Waals surface area contributed by atoms with Crippen LogP contribution in [0.1, 0.15) is 57.4 Å². The summed E-state index contributed by atoms with van der Waals surface area (Å²) in [6, 6.07) is 30.0. The van der Waals surface area contributed by atoms with Crippen LogP contribution in [0.4, 0.5) is 0 Å². The second-order valence-electron chi connectivity index (χ2n) is 9.94. The molecule has 0 aliphatic rings.